The van der Waals surface area contributed by atoms with Gasteiger partial charge in [0.1, 0.15) is 12.4 Å². The van der Waals surface area contributed by atoms with Crippen molar-refractivity contribution >= 4 is 38.7 Å². The van der Waals surface area contributed by atoms with Crippen molar-refractivity contribution in [2.24, 2.45) is 5.10 Å². The normalized spacial score (nSPS) is 12.3. The number of hydrogen-bond acceptors (Lipinski definition) is 9. The van der Waals surface area contributed by atoms with E-state index in [1.807, 2.05) is 13.0 Å². The summed E-state index contributed by atoms with van der Waals surface area (Å²) in [6.45, 7) is 2.15. The van der Waals surface area contributed by atoms with E-state index in [0.29, 0.717) is 40.2 Å². The molecule has 2 heterocycles. The molecule has 0 saturated carbocycles. The Balaban J connectivity index is 1.49. The van der Waals surface area contributed by atoms with Crippen molar-refractivity contribution < 1.29 is 23.9 Å². The lowest BCUT2D eigenvalue weighted by Gasteiger charge is -2.12. The van der Waals surface area contributed by atoms with Crippen molar-refractivity contribution in [2.45, 2.75) is 26.4 Å². The summed E-state index contributed by atoms with van der Waals surface area (Å²) in [5, 5.41) is 16.7. The van der Waals surface area contributed by atoms with Crippen molar-refractivity contribution in [3.05, 3.63) is 90.4 Å². The van der Waals surface area contributed by atoms with E-state index >= 15 is 0 Å². The van der Waals surface area contributed by atoms with E-state index in [2.05, 4.69) is 26.0 Å². The van der Waals surface area contributed by atoms with E-state index in [9.17, 15) is 14.9 Å². The molecule has 0 fully saturated rings. The number of aromatic nitrogens is 2. The number of halogens is 1. The van der Waals surface area contributed by atoms with E-state index in [4.69, 9.17) is 18.9 Å². The average Bonchev–Trinajstić information content (AvgIpc) is 3.40. The molecule has 0 amide bonds. The van der Waals surface area contributed by atoms with Crippen LogP contribution in [0.25, 0.3) is 10.9 Å². The molecule has 1 aliphatic rings. The van der Waals surface area contributed by atoms with Crippen LogP contribution in [-0.2, 0) is 13.0 Å². The summed E-state index contributed by atoms with van der Waals surface area (Å²) in [5.74, 6) is 1.81. The molecule has 39 heavy (non-hydrogen) atoms. The minimum Gasteiger partial charge on any atom is -0.493 e. The third-order valence-corrected chi connectivity index (χ3v) is 6.46. The molecule has 0 spiro atoms. The van der Waals surface area contributed by atoms with Crippen molar-refractivity contribution in [1.29, 1.82) is 0 Å². The summed E-state index contributed by atoms with van der Waals surface area (Å²) in [4.78, 5) is 29.3. The Hall–Kier alpha value is -4.45. The Labute approximate surface area is 230 Å². The molecular formula is C27H23BrN4O7. The quantitative estimate of drug-likeness (QED) is 0.147. The summed E-state index contributed by atoms with van der Waals surface area (Å²) in [6.07, 6.45) is 2.64. The smallest absolute Gasteiger partial charge is 0.315 e. The first-order valence-corrected chi connectivity index (χ1v) is 12.8. The Bertz CT molecular complexity index is 1670. The molecule has 11 nitrogen and oxygen atoms in total. The van der Waals surface area contributed by atoms with E-state index in [1.54, 1.807) is 36.4 Å². The van der Waals surface area contributed by atoms with Crippen molar-refractivity contribution in [3.8, 4) is 23.0 Å². The van der Waals surface area contributed by atoms with Crippen LogP contribution in [0.5, 0.6) is 23.0 Å². The van der Waals surface area contributed by atoms with Crippen molar-refractivity contribution in [3.63, 3.8) is 0 Å². The number of methoxy groups -OCH3 is 1. The Morgan fingerprint density at radius 2 is 2.00 bits per heavy atom. The molecule has 200 valence electrons. The summed E-state index contributed by atoms with van der Waals surface area (Å²) >= 11 is 3.39. The second-order valence-electron chi connectivity index (χ2n) is 8.61. The van der Waals surface area contributed by atoms with Crippen molar-refractivity contribution in [2.75, 3.05) is 13.9 Å². The lowest BCUT2D eigenvalue weighted by molar-refractivity contribution is -0.386. The molecule has 0 atom stereocenters. The molecule has 12 heteroatoms. The van der Waals surface area contributed by atoms with E-state index < -0.39 is 4.92 Å². The fraction of sp³-hybridized carbons (Fsp3) is 0.222. The molecular weight excluding hydrogens is 572 g/mol. The molecule has 0 unspecified atom stereocenters. The predicted molar refractivity (Wildman–Crippen MR) is 147 cm³/mol. The van der Waals surface area contributed by atoms with Gasteiger partial charge < -0.3 is 18.9 Å². The zero-order valence-electron chi connectivity index (χ0n) is 21.0. The van der Waals surface area contributed by atoms with Crippen LogP contribution in [0.4, 0.5) is 5.69 Å². The van der Waals surface area contributed by atoms with Gasteiger partial charge in [0, 0.05) is 22.5 Å². The first-order valence-electron chi connectivity index (χ1n) is 12.0. The van der Waals surface area contributed by atoms with Crippen LogP contribution < -0.4 is 24.5 Å². The van der Waals surface area contributed by atoms with E-state index in [-0.39, 0.29) is 36.1 Å². The number of nitrogens with zero attached hydrogens (tertiary/aromatic N) is 4. The highest BCUT2D eigenvalue weighted by Crippen LogP contribution is 2.39. The number of rotatable bonds is 9. The maximum atomic E-state index is 13.3. The molecule has 0 aliphatic carbocycles. The number of nitro groups is 1. The monoisotopic (exact) mass is 594 g/mol. The lowest BCUT2D eigenvalue weighted by atomic mass is 10.1. The zero-order chi connectivity index (χ0) is 27.5. The fourth-order valence-electron chi connectivity index (χ4n) is 4.12. The Morgan fingerprint density at radius 1 is 1.18 bits per heavy atom. The van der Waals surface area contributed by atoms with Gasteiger partial charge in [0.25, 0.3) is 5.56 Å². The first kappa shape index (κ1) is 26.2. The first-order chi connectivity index (χ1) is 18.9. The van der Waals surface area contributed by atoms with Gasteiger partial charge in [-0.1, -0.05) is 28.9 Å². The van der Waals surface area contributed by atoms with Gasteiger partial charge in [-0.25, -0.2) is 4.98 Å². The molecule has 5 rings (SSSR count). The number of nitro benzene ring substituents is 1. The molecule has 0 radical (unpaired) electrons. The Kier molecular flexibility index (Phi) is 7.46. The Morgan fingerprint density at radius 3 is 2.77 bits per heavy atom. The number of fused-ring (bicyclic) bond motifs is 2. The molecule has 0 N–H and O–H groups in total. The van der Waals surface area contributed by atoms with Crippen LogP contribution in [0.3, 0.4) is 0 Å². The maximum absolute atomic E-state index is 13.3. The highest BCUT2D eigenvalue weighted by Gasteiger charge is 2.23. The van der Waals surface area contributed by atoms with Crippen LogP contribution in [0.1, 0.15) is 30.3 Å². The van der Waals surface area contributed by atoms with Gasteiger partial charge in [0.15, 0.2) is 17.2 Å². The standard InChI is InChI=1S/C27H23BrN4O7/c1-3-4-25-30-20-7-6-18(28)12-19(20)27(33)31(25)29-13-17-9-21(32(34)35)26(24(11-17)36-2)37-14-16-5-8-22-23(10-16)39-15-38-22/h5-13H,3-4,14-15H2,1-2H3. The third-order valence-electron chi connectivity index (χ3n) is 5.97. The van der Waals surface area contributed by atoms with E-state index in [1.165, 1.54) is 24.1 Å². The maximum Gasteiger partial charge on any atom is 0.315 e. The number of ether oxygens (including phenoxy) is 4. The highest BCUT2D eigenvalue weighted by atomic mass is 79.9. The SMILES string of the molecule is CCCc1nc2ccc(Br)cc2c(=O)n1N=Cc1cc(OC)c(OCc2ccc3c(c2)OCO3)c([N+](=O)[O-])c1. The second-order valence-corrected chi connectivity index (χ2v) is 9.52. The zero-order valence-corrected chi connectivity index (χ0v) is 22.6. The number of aryl methyl sites for hydroxylation is 1. The van der Waals surface area contributed by atoms with Gasteiger partial charge in [-0.3, -0.25) is 14.9 Å². The minimum absolute atomic E-state index is 0.0293. The van der Waals surface area contributed by atoms with Crippen molar-refractivity contribution in [1.82, 2.24) is 9.66 Å². The number of benzene rings is 3. The molecule has 1 aliphatic heterocycles. The van der Waals surface area contributed by atoms with Crippen LogP contribution in [-0.4, -0.2) is 34.7 Å². The van der Waals surface area contributed by atoms with Crippen LogP contribution in [0.15, 0.2) is 62.9 Å². The molecule has 0 bridgehead atoms. The minimum atomic E-state index is -0.557. The summed E-state index contributed by atoms with van der Waals surface area (Å²) in [6, 6.07) is 13.4. The average molecular weight is 595 g/mol. The molecule has 0 saturated heterocycles. The second kappa shape index (κ2) is 11.1. The predicted octanol–water partition coefficient (Wildman–Crippen LogP) is 5.22. The van der Waals surface area contributed by atoms with Gasteiger partial charge >= 0.3 is 5.69 Å². The van der Waals surface area contributed by atoms with Gasteiger partial charge in [-0.15, -0.1) is 0 Å². The summed E-state index contributed by atoms with van der Waals surface area (Å²) in [5.41, 5.74) is 1.00. The van der Waals surface area contributed by atoms with Gasteiger partial charge in [-0.2, -0.15) is 9.78 Å². The third kappa shape index (κ3) is 5.41. The highest BCUT2D eigenvalue weighted by molar-refractivity contribution is 9.10. The molecule has 3 aromatic carbocycles. The van der Waals surface area contributed by atoms with E-state index in [0.717, 1.165) is 16.5 Å². The lowest BCUT2D eigenvalue weighted by Crippen LogP contribution is -2.22. The largest absolute Gasteiger partial charge is 0.493 e. The van der Waals surface area contributed by atoms with Crippen LogP contribution >= 0.6 is 15.9 Å². The number of hydrogen-bond donors (Lipinski definition) is 0. The topological polar surface area (TPSA) is 127 Å². The van der Waals surface area contributed by atoms with Crippen LogP contribution in [0.2, 0.25) is 0 Å². The fourth-order valence-corrected chi connectivity index (χ4v) is 4.49. The summed E-state index contributed by atoms with van der Waals surface area (Å²) < 4.78 is 23.9. The van der Waals surface area contributed by atoms with Gasteiger partial charge in [0.05, 0.1) is 29.2 Å². The van der Waals surface area contributed by atoms with Crippen LogP contribution in [0, 0.1) is 10.1 Å². The molecule has 4 aromatic rings. The van der Waals surface area contributed by atoms with Gasteiger partial charge in [-0.05, 0) is 48.4 Å². The van der Waals surface area contributed by atoms with Gasteiger partial charge in [0.2, 0.25) is 12.5 Å². The molecule has 1 aromatic heterocycles. The summed E-state index contributed by atoms with van der Waals surface area (Å²) in [7, 11) is 1.39.